The van der Waals surface area contributed by atoms with Crippen molar-refractivity contribution in [2.45, 2.75) is 45.1 Å². The Morgan fingerprint density at radius 1 is 1.21 bits per heavy atom. The summed E-state index contributed by atoms with van der Waals surface area (Å²) in [5, 5.41) is 3.21. The molecule has 1 heterocycles. The highest BCUT2D eigenvalue weighted by Gasteiger charge is 2.45. The number of carbonyl (C=O) groups is 2. The van der Waals surface area contributed by atoms with Gasteiger partial charge in [-0.1, -0.05) is 18.7 Å². The zero-order valence-corrected chi connectivity index (χ0v) is 16.8. The third kappa shape index (κ3) is 3.51. The van der Waals surface area contributed by atoms with Gasteiger partial charge in [-0.15, -0.1) is 0 Å². The van der Waals surface area contributed by atoms with Gasteiger partial charge in [-0.3, -0.25) is 9.59 Å². The molecule has 2 unspecified atom stereocenters. The average molecular weight is 385 g/mol. The lowest BCUT2D eigenvalue weighted by Crippen LogP contribution is -2.41. The van der Waals surface area contributed by atoms with E-state index in [0.717, 1.165) is 24.1 Å². The first-order valence-electron chi connectivity index (χ1n) is 9.52. The van der Waals surface area contributed by atoms with Gasteiger partial charge in [0.15, 0.2) is 17.3 Å². The van der Waals surface area contributed by atoms with Crippen LogP contribution in [0.5, 0.6) is 11.5 Å². The maximum atomic E-state index is 13.0. The second-order valence-corrected chi connectivity index (χ2v) is 7.34. The van der Waals surface area contributed by atoms with Crippen molar-refractivity contribution in [1.82, 2.24) is 5.32 Å². The lowest BCUT2D eigenvalue weighted by Gasteiger charge is -2.38. The van der Waals surface area contributed by atoms with Crippen LogP contribution < -0.4 is 14.8 Å². The number of allylic oxidation sites excluding steroid dienone is 2. The molecule has 28 heavy (non-hydrogen) atoms. The van der Waals surface area contributed by atoms with Crippen molar-refractivity contribution in [2.24, 2.45) is 5.92 Å². The van der Waals surface area contributed by atoms with E-state index in [4.69, 9.17) is 14.2 Å². The Morgan fingerprint density at radius 3 is 2.61 bits per heavy atom. The molecule has 0 radical (unpaired) electrons. The molecule has 0 spiro atoms. The quantitative estimate of drug-likeness (QED) is 0.783. The minimum absolute atomic E-state index is 0.0402. The van der Waals surface area contributed by atoms with Gasteiger partial charge in [0.25, 0.3) is 0 Å². The SMILES string of the molecule is C=C1NC2=C(C(=O)CCC2)C(c2cccc(OC)c2OC)C1C(=O)OC(C)C. The maximum absolute atomic E-state index is 13.0. The number of benzene rings is 1. The number of carbonyl (C=O) groups excluding carboxylic acids is 2. The molecule has 0 amide bonds. The van der Waals surface area contributed by atoms with Gasteiger partial charge < -0.3 is 19.5 Å². The average Bonchev–Trinajstić information content (AvgIpc) is 2.65. The maximum Gasteiger partial charge on any atom is 0.316 e. The first-order valence-corrected chi connectivity index (χ1v) is 9.52. The molecule has 2 aliphatic rings. The second-order valence-electron chi connectivity index (χ2n) is 7.34. The zero-order chi connectivity index (χ0) is 20.4. The Balaban J connectivity index is 2.22. The summed E-state index contributed by atoms with van der Waals surface area (Å²) < 4.78 is 16.6. The molecular formula is C22H27NO5. The van der Waals surface area contributed by atoms with Crippen molar-refractivity contribution in [3.63, 3.8) is 0 Å². The number of hydrogen-bond donors (Lipinski definition) is 1. The number of methoxy groups -OCH3 is 2. The largest absolute Gasteiger partial charge is 0.493 e. The summed E-state index contributed by atoms with van der Waals surface area (Å²) in [5.41, 5.74) is 2.72. The van der Waals surface area contributed by atoms with E-state index < -0.39 is 17.8 Å². The molecule has 1 aromatic rings. The minimum atomic E-state index is -0.732. The summed E-state index contributed by atoms with van der Waals surface area (Å²) in [6.07, 6.45) is 1.71. The van der Waals surface area contributed by atoms with Crippen LogP contribution in [0.3, 0.4) is 0 Å². The fourth-order valence-corrected chi connectivity index (χ4v) is 4.07. The Labute approximate surface area is 165 Å². The Morgan fingerprint density at radius 2 is 1.96 bits per heavy atom. The monoisotopic (exact) mass is 385 g/mol. The molecule has 150 valence electrons. The van der Waals surface area contributed by atoms with E-state index in [1.54, 1.807) is 34.1 Å². The normalized spacial score (nSPS) is 21.9. The van der Waals surface area contributed by atoms with Crippen LogP contribution in [-0.4, -0.2) is 32.1 Å². The lowest BCUT2D eigenvalue weighted by molar-refractivity contribution is -0.151. The van der Waals surface area contributed by atoms with Crippen LogP contribution >= 0.6 is 0 Å². The Kier molecular flexibility index (Phi) is 5.77. The predicted octanol–water partition coefficient (Wildman–Crippen LogP) is 3.48. The van der Waals surface area contributed by atoms with Crippen molar-refractivity contribution < 1.29 is 23.8 Å². The number of esters is 1. The van der Waals surface area contributed by atoms with Crippen LogP contribution in [0.25, 0.3) is 0 Å². The first kappa shape index (κ1) is 20.0. The molecule has 1 aromatic carbocycles. The summed E-state index contributed by atoms with van der Waals surface area (Å²) in [4.78, 5) is 25.9. The number of hydrogen-bond acceptors (Lipinski definition) is 6. The topological polar surface area (TPSA) is 73.9 Å². The van der Waals surface area contributed by atoms with Crippen molar-refractivity contribution in [3.05, 3.63) is 47.3 Å². The Bertz CT molecular complexity index is 839. The summed E-state index contributed by atoms with van der Waals surface area (Å²) in [6.45, 7) is 7.68. The van der Waals surface area contributed by atoms with Crippen molar-refractivity contribution in [3.8, 4) is 11.5 Å². The summed E-state index contributed by atoms with van der Waals surface area (Å²) >= 11 is 0. The van der Waals surface area contributed by atoms with Crippen molar-refractivity contribution in [2.75, 3.05) is 14.2 Å². The summed E-state index contributed by atoms with van der Waals surface area (Å²) in [6, 6.07) is 5.49. The van der Waals surface area contributed by atoms with Crippen LogP contribution in [-0.2, 0) is 14.3 Å². The number of rotatable bonds is 5. The first-order chi connectivity index (χ1) is 13.4. The van der Waals surface area contributed by atoms with E-state index in [9.17, 15) is 9.59 Å². The predicted molar refractivity (Wildman–Crippen MR) is 105 cm³/mol. The van der Waals surface area contributed by atoms with Gasteiger partial charge in [0.05, 0.1) is 20.3 Å². The third-order valence-corrected chi connectivity index (χ3v) is 5.16. The van der Waals surface area contributed by atoms with Gasteiger partial charge in [-0.05, 0) is 32.8 Å². The smallest absolute Gasteiger partial charge is 0.316 e. The molecule has 1 N–H and O–H groups in total. The molecule has 6 heteroatoms. The molecule has 0 saturated heterocycles. The molecule has 3 rings (SSSR count). The summed E-state index contributed by atoms with van der Waals surface area (Å²) in [5.74, 6) is -0.578. The van der Waals surface area contributed by atoms with E-state index in [1.807, 2.05) is 12.1 Å². The van der Waals surface area contributed by atoms with E-state index in [-0.39, 0.29) is 11.9 Å². The molecule has 0 saturated carbocycles. The number of ketones is 1. The third-order valence-electron chi connectivity index (χ3n) is 5.16. The van der Waals surface area contributed by atoms with Gasteiger partial charge >= 0.3 is 5.97 Å². The second kappa shape index (κ2) is 8.09. The van der Waals surface area contributed by atoms with Crippen molar-refractivity contribution >= 4 is 11.8 Å². The zero-order valence-electron chi connectivity index (χ0n) is 16.8. The van der Waals surface area contributed by atoms with Crippen LogP contribution in [0.1, 0.15) is 44.6 Å². The van der Waals surface area contributed by atoms with Crippen LogP contribution in [0.15, 0.2) is 41.7 Å². The lowest BCUT2D eigenvalue weighted by atomic mass is 9.71. The van der Waals surface area contributed by atoms with E-state index in [2.05, 4.69) is 11.9 Å². The fraction of sp³-hybridized carbons (Fsp3) is 0.455. The minimum Gasteiger partial charge on any atom is -0.493 e. The van der Waals surface area contributed by atoms with E-state index in [0.29, 0.717) is 29.2 Å². The van der Waals surface area contributed by atoms with Crippen LogP contribution in [0, 0.1) is 5.92 Å². The van der Waals surface area contributed by atoms with Crippen LogP contribution in [0.2, 0.25) is 0 Å². The van der Waals surface area contributed by atoms with Crippen molar-refractivity contribution in [1.29, 1.82) is 0 Å². The summed E-state index contributed by atoms with van der Waals surface area (Å²) in [7, 11) is 3.11. The number of nitrogens with one attached hydrogen (secondary N) is 1. The van der Waals surface area contributed by atoms with E-state index >= 15 is 0 Å². The molecule has 0 bridgehead atoms. The molecule has 0 aromatic heterocycles. The number of Topliss-reactive ketones (excluding diaryl/α,β-unsaturated/α-hetero) is 1. The van der Waals surface area contributed by atoms with Gasteiger partial charge in [-0.2, -0.15) is 0 Å². The number of para-hydroxylation sites is 1. The van der Waals surface area contributed by atoms with Gasteiger partial charge in [-0.25, -0.2) is 0 Å². The highest BCUT2D eigenvalue weighted by molar-refractivity contribution is 6.00. The Hall–Kier alpha value is -2.76. The molecule has 2 atom stereocenters. The van der Waals surface area contributed by atoms with Gasteiger partial charge in [0, 0.05) is 34.9 Å². The fourth-order valence-electron chi connectivity index (χ4n) is 4.07. The van der Waals surface area contributed by atoms with E-state index in [1.165, 1.54) is 0 Å². The highest BCUT2D eigenvalue weighted by atomic mass is 16.5. The standard InChI is InChI=1S/C22H27NO5/c1-12(2)28-22(25)18-13(3)23-15-9-7-10-16(24)20(15)19(18)14-8-6-11-17(26-4)21(14)27-5/h6,8,11-12,18-19,23H,3,7,9-10H2,1-2,4-5H3. The molecule has 6 nitrogen and oxygen atoms in total. The van der Waals surface area contributed by atoms with Gasteiger partial charge in [0.1, 0.15) is 5.92 Å². The highest BCUT2D eigenvalue weighted by Crippen LogP contribution is 2.48. The molecule has 0 fully saturated rings. The number of ether oxygens (including phenoxy) is 3. The van der Waals surface area contributed by atoms with Crippen LogP contribution in [0.4, 0.5) is 0 Å². The van der Waals surface area contributed by atoms with Gasteiger partial charge in [0.2, 0.25) is 0 Å². The molecular weight excluding hydrogens is 358 g/mol. The molecule has 1 aliphatic carbocycles. The molecule has 1 aliphatic heterocycles.